The lowest BCUT2D eigenvalue weighted by Crippen LogP contribution is -2.48. The minimum Gasteiger partial charge on any atom is -0.370 e. The first-order valence-electron chi connectivity index (χ1n) is 10.4. The lowest BCUT2D eigenvalue weighted by Gasteiger charge is -2.22. The monoisotopic (exact) mass is 367 g/mol. The summed E-state index contributed by atoms with van der Waals surface area (Å²) in [7, 11) is 0. The molecule has 0 aromatic rings. The van der Waals surface area contributed by atoms with Gasteiger partial charge in [-0.2, -0.15) is 0 Å². The Morgan fingerprint density at radius 2 is 1.73 bits per heavy atom. The third kappa shape index (κ3) is 10.4. The van der Waals surface area contributed by atoms with Crippen LogP contribution in [0.5, 0.6) is 0 Å². The molecule has 0 radical (unpaired) electrons. The van der Waals surface area contributed by atoms with Crippen molar-refractivity contribution < 1.29 is 14.4 Å². The Kier molecular flexibility index (Phi) is 11.7. The van der Waals surface area contributed by atoms with E-state index in [1.165, 1.54) is 38.5 Å². The summed E-state index contributed by atoms with van der Waals surface area (Å²) in [5.74, 6) is -0.397. The van der Waals surface area contributed by atoms with E-state index in [-0.39, 0.29) is 18.2 Å². The first kappa shape index (κ1) is 22.5. The summed E-state index contributed by atoms with van der Waals surface area (Å²) in [5, 5.41) is 5.54. The highest BCUT2D eigenvalue weighted by molar-refractivity contribution is 5.91. The summed E-state index contributed by atoms with van der Waals surface area (Å²) in [5.41, 5.74) is 5.24. The van der Waals surface area contributed by atoms with Crippen molar-refractivity contribution in [1.29, 1.82) is 0 Å². The van der Waals surface area contributed by atoms with Crippen molar-refractivity contribution in [3.05, 3.63) is 0 Å². The van der Waals surface area contributed by atoms with E-state index in [9.17, 15) is 14.4 Å². The van der Waals surface area contributed by atoms with Gasteiger partial charge in [0.25, 0.3) is 0 Å². The molecule has 0 aliphatic heterocycles. The number of nitrogens with one attached hydrogen (secondary N) is 2. The third-order valence-corrected chi connectivity index (χ3v) is 5.14. The van der Waals surface area contributed by atoms with Crippen molar-refractivity contribution in [1.82, 2.24) is 10.6 Å². The predicted octanol–water partition coefficient (Wildman–Crippen LogP) is 2.79. The van der Waals surface area contributed by atoms with Gasteiger partial charge in [-0.15, -0.1) is 0 Å². The van der Waals surface area contributed by atoms with E-state index in [4.69, 9.17) is 5.73 Å². The molecule has 6 heteroatoms. The second-order valence-corrected chi connectivity index (χ2v) is 7.54. The van der Waals surface area contributed by atoms with Crippen molar-refractivity contribution in [3.8, 4) is 0 Å². The largest absolute Gasteiger partial charge is 0.370 e. The SMILES string of the molecule is CCCCCCCC(=O)N[C@H](CC(N)=O)C(=O)NCCC1CCCCC1. The Morgan fingerprint density at radius 1 is 1.04 bits per heavy atom. The van der Waals surface area contributed by atoms with Crippen LogP contribution in [0.25, 0.3) is 0 Å². The average Bonchev–Trinajstić information content (AvgIpc) is 2.61. The predicted molar refractivity (Wildman–Crippen MR) is 103 cm³/mol. The zero-order valence-corrected chi connectivity index (χ0v) is 16.4. The fraction of sp³-hybridized carbons (Fsp3) is 0.850. The Labute approximate surface area is 158 Å². The molecule has 1 aliphatic rings. The summed E-state index contributed by atoms with van der Waals surface area (Å²) in [6, 6.07) is -0.859. The van der Waals surface area contributed by atoms with E-state index in [1.807, 2.05) is 0 Å². The van der Waals surface area contributed by atoms with Crippen LogP contribution in [0.2, 0.25) is 0 Å². The highest BCUT2D eigenvalue weighted by Crippen LogP contribution is 2.25. The number of carbonyl (C=O) groups excluding carboxylic acids is 3. The fourth-order valence-corrected chi connectivity index (χ4v) is 3.56. The standard InChI is InChI=1S/C20H37N3O3/c1-2-3-4-5-9-12-19(25)23-17(15-18(21)24)20(26)22-14-13-16-10-7-6-8-11-16/h16-17H,2-15H2,1H3,(H2,21,24)(H,22,26)(H,23,25)/t17-/m1/s1. The van der Waals surface area contributed by atoms with Crippen LogP contribution < -0.4 is 16.4 Å². The molecule has 1 rings (SSSR count). The van der Waals surface area contributed by atoms with Gasteiger partial charge in [0.15, 0.2) is 0 Å². The van der Waals surface area contributed by atoms with Gasteiger partial charge in [0.05, 0.1) is 6.42 Å². The summed E-state index contributed by atoms with van der Waals surface area (Å²) >= 11 is 0. The zero-order chi connectivity index (χ0) is 19.2. The molecular formula is C20H37N3O3. The zero-order valence-electron chi connectivity index (χ0n) is 16.4. The molecule has 0 aromatic heterocycles. The van der Waals surface area contributed by atoms with Crippen LogP contribution in [0, 0.1) is 5.92 Å². The quantitative estimate of drug-likeness (QED) is 0.436. The molecule has 4 N–H and O–H groups in total. The van der Waals surface area contributed by atoms with Crippen molar-refractivity contribution in [2.45, 2.75) is 96.4 Å². The Balaban J connectivity index is 2.32. The third-order valence-electron chi connectivity index (χ3n) is 5.14. The average molecular weight is 368 g/mol. The first-order valence-corrected chi connectivity index (χ1v) is 10.4. The minimum atomic E-state index is -0.859. The van der Waals surface area contributed by atoms with E-state index >= 15 is 0 Å². The van der Waals surface area contributed by atoms with Gasteiger partial charge in [-0.1, -0.05) is 64.7 Å². The number of hydrogen-bond donors (Lipinski definition) is 3. The number of hydrogen-bond acceptors (Lipinski definition) is 3. The van der Waals surface area contributed by atoms with Gasteiger partial charge in [-0.3, -0.25) is 14.4 Å². The highest BCUT2D eigenvalue weighted by Gasteiger charge is 2.23. The Hall–Kier alpha value is -1.59. The summed E-state index contributed by atoms with van der Waals surface area (Å²) in [4.78, 5) is 35.6. The molecule has 3 amide bonds. The van der Waals surface area contributed by atoms with Gasteiger partial charge in [-0.05, 0) is 18.8 Å². The van der Waals surface area contributed by atoms with Crippen LogP contribution in [-0.4, -0.2) is 30.3 Å². The molecule has 1 atom stereocenters. The molecular weight excluding hydrogens is 330 g/mol. The summed E-state index contributed by atoms with van der Waals surface area (Å²) in [6.07, 6.45) is 12.8. The van der Waals surface area contributed by atoms with Gasteiger partial charge in [-0.25, -0.2) is 0 Å². The van der Waals surface area contributed by atoms with Gasteiger partial charge < -0.3 is 16.4 Å². The molecule has 0 unspecified atom stereocenters. The molecule has 0 spiro atoms. The van der Waals surface area contributed by atoms with Crippen LogP contribution >= 0.6 is 0 Å². The molecule has 150 valence electrons. The topological polar surface area (TPSA) is 101 Å². The van der Waals surface area contributed by atoms with E-state index in [0.717, 1.165) is 32.1 Å². The smallest absolute Gasteiger partial charge is 0.243 e. The van der Waals surface area contributed by atoms with E-state index < -0.39 is 11.9 Å². The molecule has 1 saturated carbocycles. The molecule has 0 saturated heterocycles. The maximum atomic E-state index is 12.3. The van der Waals surface area contributed by atoms with E-state index in [0.29, 0.717) is 18.9 Å². The lowest BCUT2D eigenvalue weighted by molar-refractivity contribution is -0.131. The lowest BCUT2D eigenvalue weighted by atomic mass is 9.87. The van der Waals surface area contributed by atoms with Crippen molar-refractivity contribution in [2.75, 3.05) is 6.54 Å². The van der Waals surface area contributed by atoms with Crippen molar-refractivity contribution >= 4 is 17.7 Å². The van der Waals surface area contributed by atoms with Crippen LogP contribution in [0.15, 0.2) is 0 Å². The molecule has 26 heavy (non-hydrogen) atoms. The maximum Gasteiger partial charge on any atom is 0.243 e. The van der Waals surface area contributed by atoms with Gasteiger partial charge in [0, 0.05) is 13.0 Å². The highest BCUT2D eigenvalue weighted by atomic mass is 16.2. The number of primary amides is 1. The number of nitrogens with two attached hydrogens (primary N) is 1. The summed E-state index contributed by atoms with van der Waals surface area (Å²) < 4.78 is 0. The number of unbranched alkanes of at least 4 members (excludes halogenated alkanes) is 4. The Bertz CT molecular complexity index is 434. The van der Waals surface area contributed by atoms with Crippen molar-refractivity contribution in [3.63, 3.8) is 0 Å². The van der Waals surface area contributed by atoms with Crippen LogP contribution in [0.3, 0.4) is 0 Å². The minimum absolute atomic E-state index is 0.156. The van der Waals surface area contributed by atoms with E-state index in [1.54, 1.807) is 0 Å². The van der Waals surface area contributed by atoms with Crippen LogP contribution in [0.1, 0.15) is 90.4 Å². The second-order valence-electron chi connectivity index (χ2n) is 7.54. The van der Waals surface area contributed by atoms with Gasteiger partial charge >= 0.3 is 0 Å². The summed E-state index contributed by atoms with van der Waals surface area (Å²) in [6.45, 7) is 2.74. The second kappa shape index (κ2) is 13.6. The van der Waals surface area contributed by atoms with Gasteiger partial charge in [0.1, 0.15) is 6.04 Å². The number of rotatable bonds is 13. The molecule has 0 heterocycles. The maximum absolute atomic E-state index is 12.3. The fourth-order valence-electron chi connectivity index (χ4n) is 3.56. The normalized spacial score (nSPS) is 16.0. The number of carbonyl (C=O) groups is 3. The van der Waals surface area contributed by atoms with Crippen LogP contribution in [-0.2, 0) is 14.4 Å². The van der Waals surface area contributed by atoms with Crippen molar-refractivity contribution in [2.24, 2.45) is 11.7 Å². The molecule has 1 fully saturated rings. The number of amides is 3. The molecule has 1 aliphatic carbocycles. The van der Waals surface area contributed by atoms with Gasteiger partial charge in [0.2, 0.25) is 17.7 Å². The Morgan fingerprint density at radius 3 is 2.38 bits per heavy atom. The molecule has 0 bridgehead atoms. The first-order chi connectivity index (χ1) is 12.5. The van der Waals surface area contributed by atoms with Crippen LogP contribution in [0.4, 0.5) is 0 Å². The van der Waals surface area contributed by atoms with E-state index in [2.05, 4.69) is 17.6 Å². The molecule has 0 aromatic carbocycles. The molecule has 6 nitrogen and oxygen atoms in total.